The van der Waals surface area contributed by atoms with Crippen molar-refractivity contribution in [1.82, 2.24) is 9.47 Å². The average molecular weight is 432 g/mol. The largest absolute Gasteiger partial charge is 0.378 e. The smallest absolute Gasteiger partial charge is 0.257 e. The topological polar surface area (TPSA) is 63.6 Å². The van der Waals surface area contributed by atoms with E-state index < -0.39 is 0 Å². The normalized spacial score (nSPS) is 14.8. The molecule has 1 aliphatic heterocycles. The van der Waals surface area contributed by atoms with E-state index in [1.54, 1.807) is 29.2 Å². The van der Waals surface area contributed by atoms with Crippen molar-refractivity contribution in [3.63, 3.8) is 0 Å². The summed E-state index contributed by atoms with van der Waals surface area (Å²) in [7, 11) is 0. The summed E-state index contributed by atoms with van der Waals surface area (Å²) in [5.41, 5.74) is 4.94. The van der Waals surface area contributed by atoms with Crippen LogP contribution in [-0.4, -0.2) is 47.6 Å². The van der Waals surface area contributed by atoms with E-state index in [1.807, 2.05) is 38.1 Å². The highest BCUT2D eigenvalue weighted by Crippen LogP contribution is 2.26. The highest BCUT2D eigenvalue weighted by atomic mass is 16.5. The molecule has 0 spiro atoms. The van der Waals surface area contributed by atoms with Gasteiger partial charge in [0.15, 0.2) is 0 Å². The summed E-state index contributed by atoms with van der Waals surface area (Å²) in [6.45, 7) is 8.41. The minimum Gasteiger partial charge on any atom is -0.378 e. The number of morpholine rings is 1. The lowest BCUT2D eigenvalue weighted by Gasteiger charge is -2.27. The van der Waals surface area contributed by atoms with Gasteiger partial charge in [0, 0.05) is 35.7 Å². The third-order valence-corrected chi connectivity index (χ3v) is 6.06. The molecule has 1 saturated heterocycles. The van der Waals surface area contributed by atoms with Crippen molar-refractivity contribution in [1.29, 1.82) is 0 Å². The molecule has 1 N–H and O–H groups in total. The Kier molecular flexibility index (Phi) is 6.42. The number of hydrogen-bond acceptors (Lipinski definition) is 3. The van der Waals surface area contributed by atoms with Gasteiger partial charge in [0.2, 0.25) is 0 Å². The van der Waals surface area contributed by atoms with Crippen LogP contribution in [0.5, 0.6) is 0 Å². The van der Waals surface area contributed by atoms with Gasteiger partial charge in [-0.05, 0) is 50.6 Å². The maximum absolute atomic E-state index is 13.1. The second-order valence-corrected chi connectivity index (χ2v) is 8.18. The standard InChI is InChI=1S/C26H29N3O3/c1-18-16-24(20(3)29(18)19(2)21-8-5-4-6-9-21)25(30)27-23-11-7-10-22(17-23)26(31)28-12-14-32-15-13-28/h4-11,16-17,19H,12-15H2,1-3H3,(H,27,30). The Hall–Kier alpha value is -3.38. The quantitative estimate of drug-likeness (QED) is 0.650. The van der Waals surface area contributed by atoms with Crippen LogP contribution in [0.15, 0.2) is 60.7 Å². The molecule has 2 heterocycles. The fourth-order valence-corrected chi connectivity index (χ4v) is 4.36. The average Bonchev–Trinajstić information content (AvgIpc) is 3.13. The summed E-state index contributed by atoms with van der Waals surface area (Å²) >= 11 is 0. The lowest BCUT2D eigenvalue weighted by molar-refractivity contribution is 0.0303. The summed E-state index contributed by atoms with van der Waals surface area (Å²) < 4.78 is 7.51. The number of benzene rings is 2. The van der Waals surface area contributed by atoms with Crippen molar-refractivity contribution >= 4 is 17.5 Å². The Morgan fingerprint density at radius 3 is 2.41 bits per heavy atom. The first-order valence-electron chi connectivity index (χ1n) is 11.0. The van der Waals surface area contributed by atoms with Crippen molar-refractivity contribution in [2.75, 3.05) is 31.6 Å². The summed E-state index contributed by atoms with van der Waals surface area (Å²) in [4.78, 5) is 27.7. The third-order valence-electron chi connectivity index (χ3n) is 6.06. The zero-order valence-electron chi connectivity index (χ0n) is 18.8. The van der Waals surface area contributed by atoms with E-state index in [0.29, 0.717) is 43.1 Å². The Morgan fingerprint density at radius 1 is 0.969 bits per heavy atom. The lowest BCUT2D eigenvalue weighted by atomic mass is 10.1. The number of anilines is 1. The Bertz CT molecular complexity index is 1110. The predicted octanol–water partition coefficient (Wildman–Crippen LogP) is 4.44. The number of aryl methyl sites for hydroxylation is 1. The number of hydrogen-bond donors (Lipinski definition) is 1. The number of nitrogens with one attached hydrogen (secondary N) is 1. The van der Waals surface area contributed by atoms with Crippen LogP contribution in [0.4, 0.5) is 5.69 Å². The van der Waals surface area contributed by atoms with Crippen LogP contribution >= 0.6 is 0 Å². The van der Waals surface area contributed by atoms with Gasteiger partial charge in [-0.2, -0.15) is 0 Å². The van der Waals surface area contributed by atoms with Crippen LogP contribution in [0.25, 0.3) is 0 Å². The zero-order chi connectivity index (χ0) is 22.7. The second kappa shape index (κ2) is 9.40. The first-order chi connectivity index (χ1) is 15.5. The molecule has 6 nitrogen and oxygen atoms in total. The Morgan fingerprint density at radius 2 is 1.69 bits per heavy atom. The van der Waals surface area contributed by atoms with E-state index in [-0.39, 0.29) is 17.9 Å². The molecule has 2 aromatic carbocycles. The number of carbonyl (C=O) groups excluding carboxylic acids is 2. The molecule has 4 rings (SSSR count). The second-order valence-electron chi connectivity index (χ2n) is 8.18. The maximum atomic E-state index is 13.1. The summed E-state index contributed by atoms with van der Waals surface area (Å²) in [5.74, 6) is -0.222. The number of nitrogens with zero attached hydrogens (tertiary/aromatic N) is 2. The van der Waals surface area contributed by atoms with E-state index in [2.05, 4.69) is 28.9 Å². The number of aromatic nitrogens is 1. The molecule has 3 aromatic rings. The molecule has 1 unspecified atom stereocenters. The van der Waals surface area contributed by atoms with Crippen molar-refractivity contribution in [2.24, 2.45) is 0 Å². The molecule has 0 saturated carbocycles. The highest BCUT2D eigenvalue weighted by Gasteiger charge is 2.21. The molecule has 6 heteroatoms. The van der Waals surface area contributed by atoms with Crippen LogP contribution in [0.3, 0.4) is 0 Å². The van der Waals surface area contributed by atoms with Gasteiger partial charge in [0.05, 0.1) is 24.8 Å². The van der Waals surface area contributed by atoms with Crippen LogP contribution < -0.4 is 5.32 Å². The number of rotatable bonds is 5. The summed E-state index contributed by atoms with van der Waals surface area (Å²) in [6, 6.07) is 19.4. The zero-order valence-corrected chi connectivity index (χ0v) is 18.8. The van der Waals surface area contributed by atoms with E-state index in [9.17, 15) is 9.59 Å². The Balaban J connectivity index is 1.53. The van der Waals surface area contributed by atoms with Gasteiger partial charge in [-0.25, -0.2) is 0 Å². The van der Waals surface area contributed by atoms with Crippen molar-refractivity contribution in [3.05, 3.63) is 88.7 Å². The van der Waals surface area contributed by atoms with Crippen LogP contribution in [0.1, 0.15) is 50.6 Å². The lowest BCUT2D eigenvalue weighted by Crippen LogP contribution is -2.40. The van der Waals surface area contributed by atoms with E-state index >= 15 is 0 Å². The van der Waals surface area contributed by atoms with Crippen LogP contribution in [-0.2, 0) is 4.74 Å². The van der Waals surface area contributed by atoms with Gasteiger partial charge >= 0.3 is 0 Å². The van der Waals surface area contributed by atoms with Gasteiger partial charge in [-0.15, -0.1) is 0 Å². The molecule has 166 valence electrons. The Labute approximate surface area is 188 Å². The van der Waals surface area contributed by atoms with E-state index in [4.69, 9.17) is 4.74 Å². The summed E-state index contributed by atoms with van der Waals surface area (Å²) in [5, 5.41) is 2.97. The monoisotopic (exact) mass is 431 g/mol. The van der Waals surface area contributed by atoms with Gasteiger partial charge in [-0.1, -0.05) is 36.4 Å². The first kappa shape index (κ1) is 21.8. The molecular formula is C26H29N3O3. The summed E-state index contributed by atoms with van der Waals surface area (Å²) in [6.07, 6.45) is 0. The van der Waals surface area contributed by atoms with E-state index in [1.165, 1.54) is 5.56 Å². The van der Waals surface area contributed by atoms with Gasteiger partial charge < -0.3 is 19.5 Å². The predicted molar refractivity (Wildman–Crippen MR) is 125 cm³/mol. The molecule has 1 aliphatic rings. The van der Waals surface area contributed by atoms with Crippen LogP contribution in [0, 0.1) is 13.8 Å². The molecule has 1 fully saturated rings. The van der Waals surface area contributed by atoms with Crippen molar-refractivity contribution in [2.45, 2.75) is 26.8 Å². The van der Waals surface area contributed by atoms with Crippen molar-refractivity contribution in [3.8, 4) is 0 Å². The molecule has 1 atom stereocenters. The number of ether oxygens (including phenoxy) is 1. The fraction of sp³-hybridized carbons (Fsp3) is 0.308. The molecule has 2 amide bonds. The van der Waals surface area contributed by atoms with Gasteiger partial charge in [-0.3, -0.25) is 9.59 Å². The SMILES string of the molecule is Cc1cc(C(=O)Nc2cccc(C(=O)N3CCOCC3)c2)c(C)n1C(C)c1ccccc1. The van der Waals surface area contributed by atoms with Crippen LogP contribution in [0.2, 0.25) is 0 Å². The first-order valence-corrected chi connectivity index (χ1v) is 11.0. The molecular weight excluding hydrogens is 402 g/mol. The number of carbonyl (C=O) groups is 2. The maximum Gasteiger partial charge on any atom is 0.257 e. The highest BCUT2D eigenvalue weighted by molar-refractivity contribution is 6.06. The van der Waals surface area contributed by atoms with Gasteiger partial charge in [0.1, 0.15) is 0 Å². The molecule has 32 heavy (non-hydrogen) atoms. The molecule has 0 bridgehead atoms. The number of amides is 2. The van der Waals surface area contributed by atoms with Crippen molar-refractivity contribution < 1.29 is 14.3 Å². The third kappa shape index (κ3) is 4.46. The molecule has 0 aliphatic carbocycles. The minimum atomic E-state index is -0.180. The molecule has 1 aromatic heterocycles. The van der Waals surface area contributed by atoms with Gasteiger partial charge in [0.25, 0.3) is 11.8 Å². The fourth-order valence-electron chi connectivity index (χ4n) is 4.36. The minimum absolute atomic E-state index is 0.0423. The molecule has 0 radical (unpaired) electrons. The van der Waals surface area contributed by atoms with E-state index in [0.717, 1.165) is 11.4 Å².